The normalized spacial score (nSPS) is 11.2. The van der Waals surface area contributed by atoms with Crippen molar-refractivity contribution in [1.82, 2.24) is 0 Å². The molecular formula is C19H13BF4N2O5S. The van der Waals surface area contributed by atoms with Crippen molar-refractivity contribution < 1.29 is 40.8 Å². The van der Waals surface area contributed by atoms with Gasteiger partial charge in [-0.1, -0.05) is 12.1 Å². The molecule has 166 valence electrons. The zero-order valence-corrected chi connectivity index (χ0v) is 16.6. The Kier molecular flexibility index (Phi) is 6.53. The molecule has 0 saturated heterocycles. The molecule has 32 heavy (non-hydrogen) atoms. The lowest BCUT2D eigenvalue weighted by molar-refractivity contribution is 0.102. The highest BCUT2D eigenvalue weighted by molar-refractivity contribution is 7.92. The number of sulfonamides is 1. The summed E-state index contributed by atoms with van der Waals surface area (Å²) in [5.41, 5.74) is -0.964. The van der Waals surface area contributed by atoms with Crippen LogP contribution in [-0.2, 0) is 10.0 Å². The monoisotopic (exact) mass is 468 g/mol. The van der Waals surface area contributed by atoms with E-state index in [0.717, 1.165) is 12.1 Å². The largest absolute Gasteiger partial charge is 0.488 e. The first kappa shape index (κ1) is 23.3. The van der Waals surface area contributed by atoms with E-state index in [1.165, 1.54) is 18.2 Å². The number of hydrogen-bond acceptors (Lipinski definition) is 5. The molecule has 0 aromatic heterocycles. The van der Waals surface area contributed by atoms with Gasteiger partial charge in [-0.25, -0.2) is 26.0 Å². The summed E-state index contributed by atoms with van der Waals surface area (Å²) in [5.74, 6) is -7.09. The number of carbonyl (C=O) groups excluding carboxylic acids is 1. The maximum Gasteiger partial charge on any atom is 0.488 e. The van der Waals surface area contributed by atoms with Gasteiger partial charge in [-0.3, -0.25) is 9.52 Å². The molecule has 0 heterocycles. The number of carbonyl (C=O) groups is 1. The molecule has 0 fully saturated rings. The summed E-state index contributed by atoms with van der Waals surface area (Å²) < 4.78 is 81.2. The van der Waals surface area contributed by atoms with E-state index in [0.29, 0.717) is 24.3 Å². The molecule has 3 aromatic rings. The van der Waals surface area contributed by atoms with Crippen LogP contribution in [0, 0.1) is 23.3 Å². The van der Waals surface area contributed by atoms with E-state index in [2.05, 4.69) is 5.32 Å². The van der Waals surface area contributed by atoms with Gasteiger partial charge in [-0.05, 0) is 35.8 Å². The van der Waals surface area contributed by atoms with Crippen molar-refractivity contribution in [2.24, 2.45) is 0 Å². The van der Waals surface area contributed by atoms with Gasteiger partial charge in [0.25, 0.3) is 15.9 Å². The summed E-state index contributed by atoms with van der Waals surface area (Å²) in [7, 11) is -6.44. The number of halogens is 4. The number of nitrogens with one attached hydrogen (secondary N) is 2. The molecule has 4 N–H and O–H groups in total. The number of benzene rings is 3. The fourth-order valence-electron chi connectivity index (χ4n) is 2.65. The molecule has 0 atom stereocenters. The molecule has 1 amide bonds. The van der Waals surface area contributed by atoms with Crippen molar-refractivity contribution in [2.75, 3.05) is 10.0 Å². The maximum absolute atomic E-state index is 14.2. The third-order valence-corrected chi connectivity index (χ3v) is 5.56. The summed E-state index contributed by atoms with van der Waals surface area (Å²) in [6.45, 7) is 0. The van der Waals surface area contributed by atoms with Crippen molar-refractivity contribution in [3.05, 3.63) is 83.4 Å². The number of hydrogen-bond donors (Lipinski definition) is 4. The Hall–Kier alpha value is -3.42. The van der Waals surface area contributed by atoms with Gasteiger partial charge in [0.1, 0.15) is 10.7 Å². The van der Waals surface area contributed by atoms with Gasteiger partial charge >= 0.3 is 7.12 Å². The first-order chi connectivity index (χ1) is 15.0. The van der Waals surface area contributed by atoms with Gasteiger partial charge in [0.15, 0.2) is 17.5 Å². The first-order valence-electron chi connectivity index (χ1n) is 8.72. The molecule has 0 saturated carbocycles. The van der Waals surface area contributed by atoms with Crippen LogP contribution in [0.25, 0.3) is 0 Å². The highest BCUT2D eigenvalue weighted by Crippen LogP contribution is 2.22. The zero-order valence-electron chi connectivity index (χ0n) is 15.8. The van der Waals surface area contributed by atoms with Crippen molar-refractivity contribution in [3.8, 4) is 0 Å². The summed E-state index contributed by atoms with van der Waals surface area (Å²) in [5, 5.41) is 20.4. The molecule has 3 rings (SSSR count). The SMILES string of the molecule is O=C(Nc1cc(F)c(F)c(F)c1)c1ccc(F)c(S(=O)(=O)Nc2cccc(B(O)O)c2)c1. The second kappa shape index (κ2) is 8.98. The molecule has 3 aromatic carbocycles. The second-order valence-corrected chi connectivity index (χ2v) is 8.11. The van der Waals surface area contributed by atoms with Crippen LogP contribution >= 0.6 is 0 Å². The van der Waals surface area contributed by atoms with Crippen molar-refractivity contribution in [3.63, 3.8) is 0 Å². The second-order valence-electron chi connectivity index (χ2n) is 6.46. The number of rotatable bonds is 6. The molecule has 0 spiro atoms. The molecule has 0 radical (unpaired) electrons. The number of amides is 1. The van der Waals surface area contributed by atoms with E-state index >= 15 is 0 Å². The lowest BCUT2D eigenvalue weighted by Gasteiger charge is -2.12. The Morgan fingerprint density at radius 3 is 2.12 bits per heavy atom. The van der Waals surface area contributed by atoms with Crippen LogP contribution in [-0.4, -0.2) is 31.5 Å². The Morgan fingerprint density at radius 2 is 1.50 bits per heavy atom. The Morgan fingerprint density at radius 1 is 0.844 bits per heavy atom. The van der Waals surface area contributed by atoms with Crippen molar-refractivity contribution in [1.29, 1.82) is 0 Å². The Bertz CT molecular complexity index is 1280. The van der Waals surface area contributed by atoms with Gasteiger partial charge in [-0.2, -0.15) is 0 Å². The minimum Gasteiger partial charge on any atom is -0.423 e. The lowest BCUT2D eigenvalue weighted by Crippen LogP contribution is -2.30. The highest BCUT2D eigenvalue weighted by atomic mass is 32.2. The van der Waals surface area contributed by atoms with Crippen LogP contribution in [0.4, 0.5) is 28.9 Å². The molecule has 0 bridgehead atoms. The maximum atomic E-state index is 14.2. The van der Waals surface area contributed by atoms with Gasteiger partial charge in [0, 0.05) is 29.1 Å². The minimum absolute atomic E-state index is 0.0300. The van der Waals surface area contributed by atoms with Crippen LogP contribution in [0.5, 0.6) is 0 Å². The standard InChI is InChI=1S/C19H13BF4N2O5S/c21-14-5-4-10(19(27)25-13-8-15(22)18(24)16(23)9-13)6-17(14)32(30,31)26-12-3-1-2-11(7-12)20(28)29/h1-9,26,28-29H,(H,25,27). The predicted molar refractivity (Wildman–Crippen MR) is 108 cm³/mol. The van der Waals surface area contributed by atoms with E-state index in [1.807, 2.05) is 4.72 Å². The Balaban J connectivity index is 1.89. The topological polar surface area (TPSA) is 116 Å². The molecule has 0 unspecified atom stereocenters. The van der Waals surface area contributed by atoms with Crippen molar-refractivity contribution >= 4 is 39.9 Å². The Labute approximate surface area is 179 Å². The molecule has 13 heteroatoms. The lowest BCUT2D eigenvalue weighted by atomic mass is 9.80. The van der Waals surface area contributed by atoms with Crippen LogP contribution < -0.4 is 15.5 Å². The van der Waals surface area contributed by atoms with Gasteiger partial charge in [-0.15, -0.1) is 0 Å². The summed E-state index contributed by atoms with van der Waals surface area (Å²) >= 11 is 0. The molecule has 0 aliphatic rings. The molecule has 0 aliphatic carbocycles. The van der Waals surface area contributed by atoms with Crippen molar-refractivity contribution in [2.45, 2.75) is 4.90 Å². The van der Waals surface area contributed by atoms with Gasteiger partial charge in [0.05, 0.1) is 0 Å². The molecule has 7 nitrogen and oxygen atoms in total. The average Bonchev–Trinajstić information content (AvgIpc) is 2.71. The average molecular weight is 468 g/mol. The smallest absolute Gasteiger partial charge is 0.423 e. The van der Waals surface area contributed by atoms with Gasteiger partial charge < -0.3 is 15.4 Å². The van der Waals surface area contributed by atoms with Crippen LogP contribution in [0.2, 0.25) is 0 Å². The van der Waals surface area contributed by atoms with E-state index in [1.54, 1.807) is 0 Å². The zero-order chi connectivity index (χ0) is 23.6. The van der Waals surface area contributed by atoms with E-state index in [-0.39, 0.29) is 16.7 Å². The highest BCUT2D eigenvalue weighted by Gasteiger charge is 2.23. The summed E-state index contributed by atoms with van der Waals surface area (Å²) in [6, 6.07) is 8.37. The quantitative estimate of drug-likeness (QED) is 0.251. The van der Waals surface area contributed by atoms with Crippen LogP contribution in [0.3, 0.4) is 0 Å². The predicted octanol–water partition coefficient (Wildman–Crippen LogP) is 1.98. The summed E-state index contributed by atoms with van der Waals surface area (Å²) in [6.07, 6.45) is 0. The first-order valence-corrected chi connectivity index (χ1v) is 10.2. The van der Waals surface area contributed by atoms with Crippen LogP contribution in [0.15, 0.2) is 59.5 Å². The fraction of sp³-hybridized carbons (Fsp3) is 0. The van der Waals surface area contributed by atoms with Gasteiger partial charge in [0.2, 0.25) is 0 Å². The molecule has 0 aliphatic heterocycles. The van der Waals surface area contributed by atoms with Crippen LogP contribution in [0.1, 0.15) is 10.4 Å². The third kappa shape index (κ3) is 5.07. The molecular weight excluding hydrogens is 455 g/mol. The minimum atomic E-state index is -4.57. The fourth-order valence-corrected chi connectivity index (χ4v) is 3.81. The third-order valence-electron chi connectivity index (χ3n) is 4.16. The van der Waals surface area contributed by atoms with E-state index in [9.17, 15) is 40.8 Å². The van der Waals surface area contributed by atoms with E-state index in [4.69, 9.17) is 0 Å². The number of anilines is 2. The van der Waals surface area contributed by atoms with E-state index < -0.39 is 56.9 Å². The summed E-state index contributed by atoms with van der Waals surface area (Å²) in [4.78, 5) is 11.4.